The van der Waals surface area contributed by atoms with E-state index >= 15 is 0 Å². The molecule has 2 aromatic carbocycles. The second-order valence-electron chi connectivity index (χ2n) is 4.80. The molecule has 0 atom stereocenters. The molecule has 0 unspecified atom stereocenters. The quantitative estimate of drug-likeness (QED) is 0.398. The lowest BCUT2D eigenvalue weighted by Gasteiger charge is -2.06. The predicted molar refractivity (Wildman–Crippen MR) is 84.7 cm³/mol. The molecule has 22 heavy (non-hydrogen) atoms. The molecule has 0 fully saturated rings. The molecule has 0 aliphatic rings. The predicted octanol–water partition coefficient (Wildman–Crippen LogP) is 2.41. The highest BCUT2D eigenvalue weighted by Gasteiger charge is 2.10. The molecule has 0 aromatic heterocycles. The third kappa shape index (κ3) is 4.09. The van der Waals surface area contributed by atoms with E-state index in [4.69, 9.17) is 15.3 Å². The van der Waals surface area contributed by atoms with Gasteiger partial charge in [-0.15, -0.1) is 0 Å². The molecule has 0 heterocycles. The van der Waals surface area contributed by atoms with Crippen molar-refractivity contribution in [1.29, 1.82) is 0 Å². The van der Waals surface area contributed by atoms with E-state index in [0.717, 1.165) is 11.1 Å². The van der Waals surface area contributed by atoms with Crippen LogP contribution in [0, 0.1) is 6.92 Å². The van der Waals surface area contributed by atoms with Crippen molar-refractivity contribution in [3.63, 3.8) is 0 Å². The maximum absolute atomic E-state index is 11.8. The second-order valence-corrected chi connectivity index (χ2v) is 4.80. The summed E-state index contributed by atoms with van der Waals surface area (Å²) in [6, 6.07) is 14.7. The number of carbonyl (C=O) groups excluding carboxylic acids is 1. The average Bonchev–Trinajstić information content (AvgIpc) is 2.53. The van der Waals surface area contributed by atoms with E-state index in [0.29, 0.717) is 11.3 Å². The summed E-state index contributed by atoms with van der Waals surface area (Å²) in [4.78, 5) is 16.7. The van der Waals surface area contributed by atoms with Crippen molar-refractivity contribution in [1.82, 2.24) is 0 Å². The summed E-state index contributed by atoms with van der Waals surface area (Å²) >= 11 is 0. The van der Waals surface area contributed by atoms with E-state index < -0.39 is 5.97 Å². The van der Waals surface area contributed by atoms with Crippen LogP contribution >= 0.6 is 0 Å². The summed E-state index contributed by atoms with van der Waals surface area (Å²) in [7, 11) is 1.55. The number of carbonyl (C=O) groups is 1. The fraction of sp³-hybridized carbons (Fsp3) is 0.176. The van der Waals surface area contributed by atoms with Gasteiger partial charge in [0, 0.05) is 11.1 Å². The Morgan fingerprint density at radius 1 is 1.18 bits per heavy atom. The molecular weight excluding hydrogens is 280 g/mol. The molecule has 2 rings (SSSR count). The van der Waals surface area contributed by atoms with Gasteiger partial charge in [0.25, 0.3) is 0 Å². The van der Waals surface area contributed by atoms with Gasteiger partial charge in [-0.2, -0.15) is 0 Å². The van der Waals surface area contributed by atoms with E-state index in [1.807, 2.05) is 37.3 Å². The fourth-order valence-corrected chi connectivity index (χ4v) is 1.99. The maximum Gasteiger partial charge on any atom is 0.339 e. The molecule has 0 aliphatic carbocycles. The first kappa shape index (κ1) is 15.6. The van der Waals surface area contributed by atoms with Gasteiger partial charge in [-0.3, -0.25) is 0 Å². The number of nitrogens with zero attached hydrogens (tertiary/aromatic N) is 1. The van der Waals surface area contributed by atoms with Gasteiger partial charge in [-0.05, 0) is 19.1 Å². The number of hydrogen-bond donors (Lipinski definition) is 1. The van der Waals surface area contributed by atoms with Crippen LogP contribution in [0.2, 0.25) is 0 Å². The van der Waals surface area contributed by atoms with Gasteiger partial charge < -0.3 is 15.3 Å². The Morgan fingerprint density at radius 3 is 2.68 bits per heavy atom. The number of rotatable bonds is 5. The zero-order valence-electron chi connectivity index (χ0n) is 12.6. The van der Waals surface area contributed by atoms with Gasteiger partial charge in [-0.1, -0.05) is 47.1 Å². The molecule has 0 radical (unpaired) electrons. The molecule has 5 nitrogen and oxygen atoms in total. The lowest BCUT2D eigenvalue weighted by Crippen LogP contribution is -2.16. The molecule has 114 valence electrons. The molecule has 5 heteroatoms. The van der Waals surface area contributed by atoms with Gasteiger partial charge in [0.05, 0.1) is 13.5 Å². The van der Waals surface area contributed by atoms with Crippen LogP contribution in [0.4, 0.5) is 0 Å². The number of methoxy groups -OCH3 is 1. The average molecular weight is 298 g/mol. The van der Waals surface area contributed by atoms with Crippen molar-refractivity contribution in [3.05, 3.63) is 65.2 Å². The Bertz CT molecular complexity index is 696. The zero-order valence-corrected chi connectivity index (χ0v) is 12.6. The standard InChI is InChI=1S/C17H18N2O3/c1-12-6-5-8-14(10-12)17(18)19-22-16(20)11-13-7-3-4-9-15(13)21-2/h3-10H,11H2,1-2H3,(H2,18,19). The summed E-state index contributed by atoms with van der Waals surface area (Å²) in [6.45, 7) is 1.95. The highest BCUT2D eigenvalue weighted by Crippen LogP contribution is 2.18. The minimum absolute atomic E-state index is 0.0641. The third-order valence-corrected chi connectivity index (χ3v) is 3.09. The van der Waals surface area contributed by atoms with Crippen molar-refractivity contribution in [2.45, 2.75) is 13.3 Å². The van der Waals surface area contributed by atoms with Crippen LogP contribution in [0.15, 0.2) is 53.7 Å². The second kappa shape index (κ2) is 7.26. The third-order valence-electron chi connectivity index (χ3n) is 3.09. The van der Waals surface area contributed by atoms with E-state index in [-0.39, 0.29) is 12.3 Å². The molecule has 0 amide bonds. The Hall–Kier alpha value is -2.82. The lowest BCUT2D eigenvalue weighted by atomic mass is 10.1. The first-order valence-electron chi connectivity index (χ1n) is 6.82. The van der Waals surface area contributed by atoms with Gasteiger partial charge in [0.1, 0.15) is 5.75 Å². The molecule has 2 N–H and O–H groups in total. The summed E-state index contributed by atoms with van der Waals surface area (Å²) in [5.74, 6) is 0.298. The Labute approximate surface area is 129 Å². The van der Waals surface area contributed by atoms with Crippen LogP contribution in [0.25, 0.3) is 0 Å². The molecule has 0 bridgehead atoms. The molecule has 2 aromatic rings. The number of para-hydroxylation sites is 1. The highest BCUT2D eigenvalue weighted by atomic mass is 16.7. The van der Waals surface area contributed by atoms with E-state index in [9.17, 15) is 4.79 Å². The Morgan fingerprint density at radius 2 is 1.95 bits per heavy atom. The van der Waals surface area contributed by atoms with E-state index in [1.165, 1.54) is 0 Å². The fourth-order valence-electron chi connectivity index (χ4n) is 1.99. The van der Waals surface area contributed by atoms with Crippen molar-refractivity contribution >= 4 is 11.8 Å². The molecule has 0 saturated heterocycles. The lowest BCUT2D eigenvalue weighted by molar-refractivity contribution is -0.142. The van der Waals surface area contributed by atoms with Crippen molar-refractivity contribution in [3.8, 4) is 5.75 Å². The van der Waals surface area contributed by atoms with Crippen LogP contribution in [-0.2, 0) is 16.1 Å². The van der Waals surface area contributed by atoms with Crippen molar-refractivity contribution in [2.24, 2.45) is 10.9 Å². The minimum Gasteiger partial charge on any atom is -0.496 e. The first-order valence-corrected chi connectivity index (χ1v) is 6.82. The van der Waals surface area contributed by atoms with Gasteiger partial charge in [0.2, 0.25) is 0 Å². The molecule has 0 spiro atoms. The van der Waals surface area contributed by atoms with Crippen LogP contribution in [0.5, 0.6) is 5.75 Å². The minimum atomic E-state index is -0.500. The summed E-state index contributed by atoms with van der Waals surface area (Å²) in [6.07, 6.45) is 0.0641. The number of hydrogen-bond acceptors (Lipinski definition) is 4. The topological polar surface area (TPSA) is 73.9 Å². The van der Waals surface area contributed by atoms with E-state index in [1.54, 1.807) is 25.3 Å². The first-order chi connectivity index (χ1) is 10.6. The van der Waals surface area contributed by atoms with Crippen LogP contribution < -0.4 is 10.5 Å². The molecule has 0 aliphatic heterocycles. The summed E-state index contributed by atoms with van der Waals surface area (Å²) in [5, 5.41) is 3.69. The van der Waals surface area contributed by atoms with Crippen LogP contribution in [-0.4, -0.2) is 18.9 Å². The molecule has 0 saturated carbocycles. The maximum atomic E-state index is 11.8. The highest BCUT2D eigenvalue weighted by molar-refractivity contribution is 5.97. The van der Waals surface area contributed by atoms with Crippen LogP contribution in [0.3, 0.4) is 0 Å². The number of nitrogens with two attached hydrogens (primary N) is 1. The van der Waals surface area contributed by atoms with Crippen molar-refractivity contribution in [2.75, 3.05) is 7.11 Å². The Kier molecular flexibility index (Phi) is 5.14. The number of ether oxygens (including phenoxy) is 1. The number of aryl methyl sites for hydroxylation is 1. The Balaban J connectivity index is 2.01. The number of oxime groups is 1. The van der Waals surface area contributed by atoms with E-state index in [2.05, 4.69) is 5.16 Å². The summed E-state index contributed by atoms with van der Waals surface area (Å²) < 4.78 is 5.19. The van der Waals surface area contributed by atoms with Gasteiger partial charge in [0.15, 0.2) is 5.84 Å². The monoisotopic (exact) mass is 298 g/mol. The zero-order chi connectivity index (χ0) is 15.9. The van der Waals surface area contributed by atoms with Crippen molar-refractivity contribution < 1.29 is 14.4 Å². The number of benzene rings is 2. The number of amidine groups is 1. The smallest absolute Gasteiger partial charge is 0.339 e. The SMILES string of the molecule is COc1ccccc1CC(=O)ON=C(N)c1cccc(C)c1. The van der Waals surface area contributed by atoms with Gasteiger partial charge in [-0.25, -0.2) is 4.79 Å². The van der Waals surface area contributed by atoms with Crippen LogP contribution in [0.1, 0.15) is 16.7 Å². The van der Waals surface area contributed by atoms with Gasteiger partial charge >= 0.3 is 5.97 Å². The largest absolute Gasteiger partial charge is 0.496 e. The molecular formula is C17H18N2O3. The summed E-state index contributed by atoms with van der Waals surface area (Å²) in [5.41, 5.74) is 8.31. The normalized spacial score (nSPS) is 11.1.